The van der Waals surface area contributed by atoms with Crippen molar-refractivity contribution in [3.8, 4) is 5.75 Å². The van der Waals surface area contributed by atoms with Crippen molar-refractivity contribution in [3.63, 3.8) is 0 Å². The summed E-state index contributed by atoms with van der Waals surface area (Å²) in [5, 5.41) is 0. The molecule has 0 unspecified atom stereocenters. The lowest BCUT2D eigenvalue weighted by Gasteiger charge is -2.08. The molecule has 0 N–H and O–H groups in total. The zero-order valence-electron chi connectivity index (χ0n) is 10.9. The van der Waals surface area contributed by atoms with Crippen molar-refractivity contribution in [3.05, 3.63) is 35.4 Å². The van der Waals surface area contributed by atoms with E-state index in [1.54, 1.807) is 20.2 Å². The van der Waals surface area contributed by atoms with Gasteiger partial charge in [0.15, 0.2) is 0 Å². The third-order valence-electron chi connectivity index (χ3n) is 2.36. The molecule has 1 rings (SSSR count). The van der Waals surface area contributed by atoms with Crippen LogP contribution in [0.25, 0.3) is 6.08 Å². The smallest absolute Gasteiger partial charge is 0.246 e. The third-order valence-corrected chi connectivity index (χ3v) is 2.36. The molecule has 0 radical (unpaired) electrons. The van der Waals surface area contributed by atoms with Gasteiger partial charge in [0.25, 0.3) is 0 Å². The molecular formula is C14H19NO2. The van der Waals surface area contributed by atoms with Crippen LogP contribution in [0.4, 0.5) is 0 Å². The van der Waals surface area contributed by atoms with Crippen molar-refractivity contribution in [1.29, 1.82) is 0 Å². The topological polar surface area (TPSA) is 29.5 Å². The van der Waals surface area contributed by atoms with Gasteiger partial charge in [0.1, 0.15) is 5.75 Å². The van der Waals surface area contributed by atoms with Crippen LogP contribution in [0, 0.1) is 6.92 Å². The molecule has 0 heterocycles. The lowest BCUT2D eigenvalue weighted by atomic mass is 10.1. The Bertz CT molecular complexity index is 422. The van der Waals surface area contributed by atoms with E-state index >= 15 is 0 Å². The summed E-state index contributed by atoms with van der Waals surface area (Å²) in [4.78, 5) is 12.9. The molecule has 1 aromatic carbocycles. The molecule has 17 heavy (non-hydrogen) atoms. The van der Waals surface area contributed by atoms with E-state index in [1.807, 2.05) is 38.1 Å². The van der Waals surface area contributed by atoms with E-state index in [-0.39, 0.29) is 5.91 Å². The quantitative estimate of drug-likeness (QED) is 0.748. The molecule has 0 aliphatic carbocycles. The van der Waals surface area contributed by atoms with Gasteiger partial charge >= 0.3 is 0 Å². The SMILES string of the molecule is CCOc1ccc(C=CC(=O)N(C)C)cc1C. The molecule has 92 valence electrons. The van der Waals surface area contributed by atoms with Gasteiger partial charge in [-0.2, -0.15) is 0 Å². The number of hydrogen-bond acceptors (Lipinski definition) is 2. The maximum Gasteiger partial charge on any atom is 0.246 e. The van der Waals surface area contributed by atoms with Crippen molar-refractivity contribution >= 4 is 12.0 Å². The second kappa shape index (κ2) is 6.09. The summed E-state index contributed by atoms with van der Waals surface area (Å²) >= 11 is 0. The van der Waals surface area contributed by atoms with Gasteiger partial charge in [-0.25, -0.2) is 0 Å². The van der Waals surface area contributed by atoms with Crippen molar-refractivity contribution in [2.75, 3.05) is 20.7 Å². The molecule has 1 aromatic rings. The number of hydrogen-bond donors (Lipinski definition) is 0. The Morgan fingerprint density at radius 1 is 1.41 bits per heavy atom. The Hall–Kier alpha value is -1.77. The summed E-state index contributed by atoms with van der Waals surface area (Å²) in [6.45, 7) is 4.62. The highest BCUT2D eigenvalue weighted by Crippen LogP contribution is 2.19. The average molecular weight is 233 g/mol. The zero-order chi connectivity index (χ0) is 12.8. The number of carbonyl (C=O) groups excluding carboxylic acids is 1. The molecule has 0 aliphatic rings. The molecular weight excluding hydrogens is 214 g/mol. The summed E-state index contributed by atoms with van der Waals surface area (Å²) < 4.78 is 5.46. The van der Waals surface area contributed by atoms with Crippen LogP contribution in [0.15, 0.2) is 24.3 Å². The highest BCUT2D eigenvalue weighted by molar-refractivity contribution is 5.91. The van der Waals surface area contributed by atoms with Gasteiger partial charge in [-0.3, -0.25) is 4.79 Å². The van der Waals surface area contributed by atoms with E-state index in [4.69, 9.17) is 4.74 Å². The van der Waals surface area contributed by atoms with Crippen molar-refractivity contribution in [2.45, 2.75) is 13.8 Å². The molecule has 0 aliphatic heterocycles. The maximum atomic E-state index is 11.4. The van der Waals surface area contributed by atoms with Crippen LogP contribution in [-0.4, -0.2) is 31.5 Å². The number of likely N-dealkylation sites (N-methyl/N-ethyl adjacent to an activating group) is 1. The minimum absolute atomic E-state index is 0.0171. The van der Waals surface area contributed by atoms with Crippen LogP contribution in [0.3, 0.4) is 0 Å². The molecule has 0 saturated carbocycles. The highest BCUT2D eigenvalue weighted by Gasteiger charge is 2.00. The standard InChI is InChI=1S/C14H19NO2/c1-5-17-13-8-6-12(10-11(13)2)7-9-14(16)15(3)4/h6-10H,5H2,1-4H3. The van der Waals surface area contributed by atoms with Crippen LogP contribution in [-0.2, 0) is 4.79 Å². The van der Waals surface area contributed by atoms with Gasteiger partial charge in [-0.05, 0) is 43.2 Å². The Balaban J connectivity index is 2.80. The van der Waals surface area contributed by atoms with E-state index in [0.717, 1.165) is 16.9 Å². The fraction of sp³-hybridized carbons (Fsp3) is 0.357. The molecule has 0 spiro atoms. The van der Waals surface area contributed by atoms with E-state index in [0.29, 0.717) is 6.61 Å². The minimum atomic E-state index is -0.0171. The first-order valence-corrected chi connectivity index (χ1v) is 5.67. The average Bonchev–Trinajstić information content (AvgIpc) is 2.29. The van der Waals surface area contributed by atoms with Crippen LogP contribution < -0.4 is 4.74 Å². The fourth-order valence-electron chi connectivity index (χ4n) is 1.41. The van der Waals surface area contributed by atoms with Crippen LogP contribution in [0.1, 0.15) is 18.1 Å². The summed E-state index contributed by atoms with van der Waals surface area (Å²) in [5.74, 6) is 0.875. The predicted molar refractivity (Wildman–Crippen MR) is 70.1 cm³/mol. The lowest BCUT2D eigenvalue weighted by molar-refractivity contribution is -0.123. The van der Waals surface area contributed by atoms with E-state index in [2.05, 4.69) is 0 Å². The number of ether oxygens (including phenoxy) is 1. The number of aryl methyl sites for hydroxylation is 1. The first-order valence-electron chi connectivity index (χ1n) is 5.67. The first kappa shape index (κ1) is 13.3. The summed E-state index contributed by atoms with van der Waals surface area (Å²) in [5.41, 5.74) is 2.08. The van der Waals surface area contributed by atoms with Gasteiger partial charge in [-0.15, -0.1) is 0 Å². The number of benzene rings is 1. The predicted octanol–water partition coefficient (Wildman–Crippen LogP) is 2.50. The number of carbonyl (C=O) groups is 1. The lowest BCUT2D eigenvalue weighted by Crippen LogP contribution is -2.18. The maximum absolute atomic E-state index is 11.4. The number of rotatable bonds is 4. The Kier molecular flexibility index (Phi) is 4.76. The van der Waals surface area contributed by atoms with Crippen molar-refractivity contribution in [1.82, 2.24) is 4.90 Å². The first-order chi connectivity index (χ1) is 8.04. The molecule has 3 nitrogen and oxygen atoms in total. The minimum Gasteiger partial charge on any atom is -0.494 e. The van der Waals surface area contributed by atoms with Gasteiger partial charge in [-0.1, -0.05) is 6.07 Å². The molecule has 1 amide bonds. The van der Waals surface area contributed by atoms with Crippen molar-refractivity contribution in [2.24, 2.45) is 0 Å². The van der Waals surface area contributed by atoms with Gasteiger partial charge < -0.3 is 9.64 Å². The van der Waals surface area contributed by atoms with Gasteiger partial charge in [0.05, 0.1) is 6.61 Å². The number of amides is 1. The summed E-state index contributed by atoms with van der Waals surface area (Å²) in [7, 11) is 3.46. The molecule has 0 fully saturated rings. The Morgan fingerprint density at radius 2 is 2.12 bits per heavy atom. The highest BCUT2D eigenvalue weighted by atomic mass is 16.5. The third kappa shape index (κ3) is 3.94. The fourth-order valence-corrected chi connectivity index (χ4v) is 1.41. The molecule has 3 heteroatoms. The monoisotopic (exact) mass is 233 g/mol. The largest absolute Gasteiger partial charge is 0.494 e. The van der Waals surface area contributed by atoms with Crippen LogP contribution in [0.2, 0.25) is 0 Å². The van der Waals surface area contributed by atoms with E-state index in [9.17, 15) is 4.79 Å². The second-order valence-electron chi connectivity index (χ2n) is 4.02. The van der Waals surface area contributed by atoms with Gasteiger partial charge in [0, 0.05) is 20.2 Å². The van der Waals surface area contributed by atoms with Gasteiger partial charge in [0.2, 0.25) is 5.91 Å². The van der Waals surface area contributed by atoms with Crippen LogP contribution >= 0.6 is 0 Å². The zero-order valence-corrected chi connectivity index (χ0v) is 10.9. The van der Waals surface area contributed by atoms with Crippen LogP contribution in [0.5, 0.6) is 5.75 Å². The van der Waals surface area contributed by atoms with Crippen molar-refractivity contribution < 1.29 is 9.53 Å². The molecule has 0 atom stereocenters. The Labute approximate surface area is 103 Å². The van der Waals surface area contributed by atoms with E-state index in [1.165, 1.54) is 4.90 Å². The van der Waals surface area contributed by atoms with E-state index < -0.39 is 0 Å². The molecule has 0 aromatic heterocycles. The molecule has 0 saturated heterocycles. The summed E-state index contributed by atoms with van der Waals surface area (Å²) in [6.07, 6.45) is 3.38. The number of nitrogens with zero attached hydrogens (tertiary/aromatic N) is 1. The summed E-state index contributed by atoms with van der Waals surface area (Å²) in [6, 6.07) is 5.88. The Morgan fingerprint density at radius 3 is 2.65 bits per heavy atom. The molecule has 0 bridgehead atoms. The second-order valence-corrected chi connectivity index (χ2v) is 4.02. The normalized spacial score (nSPS) is 10.6.